The fourth-order valence-corrected chi connectivity index (χ4v) is 3.08. The normalized spacial score (nSPS) is 29.9. The highest BCUT2D eigenvalue weighted by atomic mass is 16.1. The van der Waals surface area contributed by atoms with Gasteiger partial charge in [-0.3, -0.25) is 0 Å². The third-order valence-corrected chi connectivity index (χ3v) is 3.87. The Bertz CT molecular complexity index is 242. The summed E-state index contributed by atoms with van der Waals surface area (Å²) in [5.41, 5.74) is 1.42. The summed E-state index contributed by atoms with van der Waals surface area (Å²) in [5.74, 6) is 1.55. The summed E-state index contributed by atoms with van der Waals surface area (Å²) in [5, 5.41) is 0. The number of carbonyl (C=O) groups is 1. The minimum atomic E-state index is 0.190. The van der Waals surface area contributed by atoms with Gasteiger partial charge in [-0.15, -0.1) is 0 Å². The molecule has 0 aromatic carbocycles. The van der Waals surface area contributed by atoms with Crippen LogP contribution >= 0.6 is 0 Å². The first-order valence-electron chi connectivity index (χ1n) is 6.85. The van der Waals surface area contributed by atoms with E-state index in [0.29, 0.717) is 5.92 Å². The van der Waals surface area contributed by atoms with Gasteiger partial charge in [-0.2, -0.15) is 0 Å². The summed E-state index contributed by atoms with van der Waals surface area (Å²) < 4.78 is 0. The average Bonchev–Trinajstić information content (AvgIpc) is 2.29. The first kappa shape index (κ1) is 13.5. The Morgan fingerprint density at radius 3 is 2.62 bits per heavy atom. The van der Waals surface area contributed by atoms with Crippen molar-refractivity contribution in [3.63, 3.8) is 0 Å². The molecule has 0 fully saturated rings. The molecule has 2 unspecified atom stereocenters. The fraction of sp³-hybridized carbons (Fsp3) is 0.800. The highest BCUT2D eigenvalue weighted by Gasteiger charge is 2.30. The standard InChI is InChI=1S/C15H26O/c1-4-6-8-13-9-12(3)10-14(11-16)15(13)7-5-2/h10-11,13-15H,4-9H2,1-3H3/t13?,14-,15?/m1/s1. The summed E-state index contributed by atoms with van der Waals surface area (Å²) in [6.45, 7) is 6.65. The lowest BCUT2D eigenvalue weighted by Crippen LogP contribution is -2.27. The number of rotatable bonds is 6. The number of carbonyl (C=O) groups excluding carboxylic acids is 1. The maximum atomic E-state index is 11.2. The number of hydrogen-bond donors (Lipinski definition) is 0. The van der Waals surface area contributed by atoms with E-state index < -0.39 is 0 Å². The van der Waals surface area contributed by atoms with Crippen LogP contribution in [0.2, 0.25) is 0 Å². The lowest BCUT2D eigenvalue weighted by Gasteiger charge is -2.34. The Balaban J connectivity index is 2.71. The van der Waals surface area contributed by atoms with Crippen molar-refractivity contribution in [3.8, 4) is 0 Å². The Labute approximate surface area is 100 Å². The van der Waals surface area contributed by atoms with Crippen LogP contribution in [0.15, 0.2) is 11.6 Å². The van der Waals surface area contributed by atoms with Crippen LogP contribution in [0.1, 0.15) is 59.3 Å². The number of unbranched alkanes of at least 4 members (excludes halogenated alkanes) is 1. The molecule has 16 heavy (non-hydrogen) atoms. The molecule has 1 rings (SSSR count). The van der Waals surface area contributed by atoms with Gasteiger partial charge in [0.1, 0.15) is 6.29 Å². The molecule has 0 aromatic rings. The van der Waals surface area contributed by atoms with Crippen molar-refractivity contribution in [1.29, 1.82) is 0 Å². The van der Waals surface area contributed by atoms with Gasteiger partial charge in [-0.05, 0) is 38.0 Å². The van der Waals surface area contributed by atoms with Crippen molar-refractivity contribution in [2.24, 2.45) is 17.8 Å². The highest BCUT2D eigenvalue weighted by molar-refractivity contribution is 5.58. The minimum Gasteiger partial charge on any atom is -0.303 e. The molecule has 0 radical (unpaired) electrons. The molecule has 1 aliphatic carbocycles. The van der Waals surface area contributed by atoms with Crippen LogP contribution in [0.5, 0.6) is 0 Å². The number of aldehydes is 1. The van der Waals surface area contributed by atoms with E-state index in [1.807, 2.05) is 0 Å². The average molecular weight is 222 g/mol. The molecule has 3 atom stereocenters. The molecule has 0 aliphatic heterocycles. The zero-order chi connectivity index (χ0) is 12.0. The number of allylic oxidation sites excluding steroid dienone is 2. The van der Waals surface area contributed by atoms with Gasteiger partial charge in [0.25, 0.3) is 0 Å². The predicted molar refractivity (Wildman–Crippen MR) is 69.3 cm³/mol. The second kappa shape index (κ2) is 6.88. The molecule has 1 nitrogen and oxygen atoms in total. The molecule has 92 valence electrons. The van der Waals surface area contributed by atoms with Gasteiger partial charge in [0.15, 0.2) is 0 Å². The van der Waals surface area contributed by atoms with Crippen molar-refractivity contribution < 1.29 is 4.79 Å². The van der Waals surface area contributed by atoms with Crippen molar-refractivity contribution in [1.82, 2.24) is 0 Å². The van der Waals surface area contributed by atoms with Crippen LogP contribution in [-0.2, 0) is 4.79 Å². The molecule has 1 aliphatic rings. The van der Waals surface area contributed by atoms with Crippen molar-refractivity contribution >= 4 is 6.29 Å². The van der Waals surface area contributed by atoms with Crippen LogP contribution in [0.3, 0.4) is 0 Å². The van der Waals surface area contributed by atoms with Crippen LogP contribution < -0.4 is 0 Å². The lowest BCUT2D eigenvalue weighted by atomic mass is 9.70. The first-order valence-corrected chi connectivity index (χ1v) is 6.85. The third-order valence-electron chi connectivity index (χ3n) is 3.87. The Morgan fingerprint density at radius 2 is 2.06 bits per heavy atom. The molecule has 1 heteroatoms. The van der Waals surface area contributed by atoms with Crippen molar-refractivity contribution in [2.45, 2.75) is 59.3 Å². The molecule has 0 bridgehead atoms. The van der Waals surface area contributed by atoms with Crippen LogP contribution in [0.4, 0.5) is 0 Å². The summed E-state index contributed by atoms with van der Waals surface area (Å²) in [6.07, 6.45) is 10.9. The molecule has 0 heterocycles. The second-order valence-electron chi connectivity index (χ2n) is 5.29. The van der Waals surface area contributed by atoms with E-state index in [0.717, 1.165) is 5.92 Å². The Morgan fingerprint density at radius 1 is 1.31 bits per heavy atom. The summed E-state index contributed by atoms with van der Waals surface area (Å²) in [6, 6.07) is 0. The summed E-state index contributed by atoms with van der Waals surface area (Å²) in [4.78, 5) is 11.2. The Hall–Kier alpha value is -0.590. The zero-order valence-corrected chi connectivity index (χ0v) is 11.0. The van der Waals surface area contributed by atoms with Crippen LogP contribution in [0, 0.1) is 17.8 Å². The van der Waals surface area contributed by atoms with E-state index >= 15 is 0 Å². The van der Waals surface area contributed by atoms with Crippen LogP contribution in [0.25, 0.3) is 0 Å². The van der Waals surface area contributed by atoms with Crippen molar-refractivity contribution in [3.05, 3.63) is 11.6 Å². The summed E-state index contributed by atoms with van der Waals surface area (Å²) >= 11 is 0. The SMILES string of the molecule is CCCCC1CC(C)=C[C@H](C=O)C1CCC. The van der Waals surface area contributed by atoms with Crippen molar-refractivity contribution in [2.75, 3.05) is 0 Å². The molecule has 0 aromatic heterocycles. The van der Waals surface area contributed by atoms with E-state index in [2.05, 4.69) is 26.8 Å². The van der Waals surface area contributed by atoms with Gasteiger partial charge in [0.05, 0.1) is 0 Å². The van der Waals surface area contributed by atoms with Gasteiger partial charge in [-0.25, -0.2) is 0 Å². The van der Waals surface area contributed by atoms with E-state index in [1.54, 1.807) is 0 Å². The molecule has 0 saturated carbocycles. The van der Waals surface area contributed by atoms with Gasteiger partial charge in [-0.1, -0.05) is 44.8 Å². The summed E-state index contributed by atoms with van der Waals surface area (Å²) in [7, 11) is 0. The quantitative estimate of drug-likeness (QED) is 0.481. The predicted octanol–water partition coefficient (Wildman–Crippen LogP) is 4.37. The zero-order valence-electron chi connectivity index (χ0n) is 11.0. The molecule has 0 N–H and O–H groups in total. The fourth-order valence-electron chi connectivity index (χ4n) is 3.08. The van der Waals surface area contributed by atoms with Gasteiger partial charge < -0.3 is 4.79 Å². The largest absolute Gasteiger partial charge is 0.303 e. The molecule has 0 saturated heterocycles. The smallest absolute Gasteiger partial charge is 0.127 e. The number of hydrogen-bond acceptors (Lipinski definition) is 1. The van der Waals surface area contributed by atoms with E-state index in [9.17, 15) is 4.79 Å². The lowest BCUT2D eigenvalue weighted by molar-refractivity contribution is -0.112. The van der Waals surface area contributed by atoms with E-state index in [1.165, 1.54) is 50.4 Å². The van der Waals surface area contributed by atoms with E-state index in [4.69, 9.17) is 0 Å². The molecule has 0 amide bonds. The molecular weight excluding hydrogens is 196 g/mol. The van der Waals surface area contributed by atoms with Gasteiger partial charge >= 0.3 is 0 Å². The minimum absolute atomic E-state index is 0.190. The van der Waals surface area contributed by atoms with Gasteiger partial charge in [0, 0.05) is 5.92 Å². The topological polar surface area (TPSA) is 17.1 Å². The third kappa shape index (κ3) is 3.47. The van der Waals surface area contributed by atoms with Gasteiger partial charge in [0.2, 0.25) is 0 Å². The maximum Gasteiger partial charge on any atom is 0.127 e. The Kier molecular flexibility index (Phi) is 5.79. The maximum absolute atomic E-state index is 11.2. The highest BCUT2D eigenvalue weighted by Crippen LogP contribution is 2.38. The van der Waals surface area contributed by atoms with E-state index in [-0.39, 0.29) is 5.92 Å². The molecule has 0 spiro atoms. The van der Waals surface area contributed by atoms with Crippen LogP contribution in [-0.4, -0.2) is 6.29 Å². The molecular formula is C15H26O. The first-order chi connectivity index (χ1) is 7.72. The monoisotopic (exact) mass is 222 g/mol. The second-order valence-corrected chi connectivity index (χ2v) is 5.29.